The van der Waals surface area contributed by atoms with Crippen LogP contribution in [0, 0.1) is 13.8 Å². The van der Waals surface area contributed by atoms with E-state index in [4.69, 9.17) is 10.6 Å². The van der Waals surface area contributed by atoms with E-state index >= 15 is 0 Å². The molecule has 0 radical (unpaired) electrons. The molecule has 4 nitrogen and oxygen atoms in total. The van der Waals surface area contributed by atoms with Gasteiger partial charge in [0.1, 0.15) is 5.75 Å². The first-order chi connectivity index (χ1) is 7.58. The van der Waals surface area contributed by atoms with Crippen LogP contribution in [0.25, 0.3) is 0 Å². The second-order valence-electron chi connectivity index (χ2n) is 4.12. The lowest BCUT2D eigenvalue weighted by molar-refractivity contribution is 0.300. The highest BCUT2D eigenvalue weighted by Crippen LogP contribution is 2.23. The summed E-state index contributed by atoms with van der Waals surface area (Å²) < 4.78 is 5.29. The summed E-state index contributed by atoms with van der Waals surface area (Å²) in [6.07, 6.45) is 0. The smallest absolute Gasteiger partial charge is 0.122 e. The predicted octanol–water partition coefficient (Wildman–Crippen LogP) is 1.16. The predicted molar refractivity (Wildman–Crippen MR) is 66.1 cm³/mol. The summed E-state index contributed by atoms with van der Waals surface area (Å²) in [6.45, 7) is 5.70. The van der Waals surface area contributed by atoms with Gasteiger partial charge >= 0.3 is 0 Å². The Hall–Kier alpha value is -1.10. The highest BCUT2D eigenvalue weighted by Gasteiger charge is 2.06. The lowest BCUT2D eigenvalue weighted by Crippen LogP contribution is -2.35. The molecule has 0 aliphatic carbocycles. The van der Waals surface area contributed by atoms with Crippen LogP contribution in [0.3, 0.4) is 0 Å². The third kappa shape index (κ3) is 3.20. The maximum Gasteiger partial charge on any atom is 0.122 e. The molecule has 1 rings (SSSR count). The van der Waals surface area contributed by atoms with Gasteiger partial charge in [-0.05, 0) is 43.7 Å². The fourth-order valence-electron chi connectivity index (χ4n) is 1.74. The Bertz CT molecular complexity index is 352. The van der Waals surface area contributed by atoms with Crippen molar-refractivity contribution >= 4 is 0 Å². The third-order valence-electron chi connectivity index (χ3n) is 2.65. The van der Waals surface area contributed by atoms with Crippen molar-refractivity contribution in [3.63, 3.8) is 0 Å². The summed E-state index contributed by atoms with van der Waals surface area (Å²) >= 11 is 0. The first-order valence-electron chi connectivity index (χ1n) is 5.34. The van der Waals surface area contributed by atoms with Gasteiger partial charge in [0.25, 0.3) is 0 Å². The number of nitrogens with two attached hydrogens (primary N) is 1. The zero-order valence-corrected chi connectivity index (χ0v) is 10.5. The number of hydrogen-bond acceptors (Lipinski definition) is 4. The quantitative estimate of drug-likeness (QED) is 0.447. The Morgan fingerprint density at radius 3 is 2.56 bits per heavy atom. The van der Waals surface area contributed by atoms with Gasteiger partial charge < -0.3 is 4.74 Å². The van der Waals surface area contributed by atoms with Crippen molar-refractivity contribution in [2.45, 2.75) is 20.4 Å². The van der Waals surface area contributed by atoms with Crippen LogP contribution >= 0.6 is 0 Å². The molecule has 0 unspecified atom stereocenters. The van der Waals surface area contributed by atoms with Crippen molar-refractivity contribution in [1.82, 2.24) is 10.3 Å². The SMILES string of the molecule is COc1cc(C)c(CN(C)CNN)cc1C. The number of methoxy groups -OCH3 is 1. The number of aryl methyl sites for hydroxylation is 2. The zero-order valence-electron chi connectivity index (χ0n) is 10.5. The number of rotatable bonds is 5. The summed E-state index contributed by atoms with van der Waals surface area (Å²) in [6, 6.07) is 4.25. The lowest BCUT2D eigenvalue weighted by atomic mass is 10.0. The summed E-state index contributed by atoms with van der Waals surface area (Å²) in [7, 11) is 3.73. The third-order valence-corrected chi connectivity index (χ3v) is 2.65. The highest BCUT2D eigenvalue weighted by molar-refractivity contribution is 5.41. The fraction of sp³-hybridized carbons (Fsp3) is 0.500. The molecule has 0 saturated carbocycles. The van der Waals surface area contributed by atoms with Crippen molar-refractivity contribution in [2.24, 2.45) is 5.84 Å². The minimum atomic E-state index is 0.671. The van der Waals surface area contributed by atoms with Crippen LogP contribution in [0.15, 0.2) is 12.1 Å². The van der Waals surface area contributed by atoms with Crippen LogP contribution in [0.4, 0.5) is 0 Å². The number of ether oxygens (including phenoxy) is 1. The molecule has 0 aliphatic rings. The van der Waals surface area contributed by atoms with E-state index in [1.165, 1.54) is 11.1 Å². The van der Waals surface area contributed by atoms with E-state index in [1.54, 1.807) is 7.11 Å². The van der Waals surface area contributed by atoms with Gasteiger partial charge in [0.2, 0.25) is 0 Å². The summed E-state index contributed by atoms with van der Waals surface area (Å²) in [5.41, 5.74) is 6.35. The van der Waals surface area contributed by atoms with E-state index in [9.17, 15) is 0 Å². The van der Waals surface area contributed by atoms with Crippen LogP contribution in [-0.4, -0.2) is 25.7 Å². The van der Waals surface area contributed by atoms with Crippen LogP contribution in [0.1, 0.15) is 16.7 Å². The van der Waals surface area contributed by atoms with Crippen molar-refractivity contribution in [1.29, 1.82) is 0 Å². The average Bonchev–Trinajstić information content (AvgIpc) is 2.23. The van der Waals surface area contributed by atoms with Crippen LogP contribution in [0.2, 0.25) is 0 Å². The van der Waals surface area contributed by atoms with Crippen LogP contribution < -0.4 is 16.0 Å². The Morgan fingerprint density at radius 1 is 1.31 bits per heavy atom. The molecule has 1 aromatic rings. The molecule has 0 saturated heterocycles. The van der Waals surface area contributed by atoms with E-state index in [2.05, 4.69) is 36.3 Å². The summed E-state index contributed by atoms with van der Waals surface area (Å²) in [5.74, 6) is 6.23. The van der Waals surface area contributed by atoms with Gasteiger partial charge in [-0.1, -0.05) is 6.07 Å². The minimum Gasteiger partial charge on any atom is -0.496 e. The zero-order chi connectivity index (χ0) is 12.1. The van der Waals surface area contributed by atoms with Gasteiger partial charge in [0.15, 0.2) is 0 Å². The number of hydrogen-bond donors (Lipinski definition) is 2. The van der Waals surface area contributed by atoms with Gasteiger partial charge in [0, 0.05) is 6.54 Å². The second-order valence-corrected chi connectivity index (χ2v) is 4.12. The average molecular weight is 223 g/mol. The fourth-order valence-corrected chi connectivity index (χ4v) is 1.74. The molecule has 16 heavy (non-hydrogen) atoms. The van der Waals surface area contributed by atoms with Gasteiger partial charge in [-0.3, -0.25) is 10.7 Å². The number of benzene rings is 1. The second kappa shape index (κ2) is 5.84. The van der Waals surface area contributed by atoms with Crippen LogP contribution in [0.5, 0.6) is 5.75 Å². The van der Waals surface area contributed by atoms with Crippen molar-refractivity contribution < 1.29 is 4.74 Å². The maximum atomic E-state index is 5.29. The minimum absolute atomic E-state index is 0.671. The molecule has 0 atom stereocenters. The number of nitrogens with one attached hydrogen (secondary N) is 1. The molecule has 0 bridgehead atoms. The largest absolute Gasteiger partial charge is 0.496 e. The molecular weight excluding hydrogens is 202 g/mol. The van der Waals surface area contributed by atoms with E-state index in [0.717, 1.165) is 17.9 Å². The Balaban J connectivity index is 2.85. The normalized spacial score (nSPS) is 10.9. The van der Waals surface area contributed by atoms with Gasteiger partial charge in [-0.25, -0.2) is 5.43 Å². The van der Waals surface area contributed by atoms with Gasteiger partial charge in [-0.15, -0.1) is 0 Å². The Kier molecular flexibility index (Phi) is 4.73. The molecule has 0 fully saturated rings. The molecule has 4 heteroatoms. The van der Waals surface area contributed by atoms with E-state index in [1.807, 2.05) is 7.05 Å². The molecule has 90 valence electrons. The number of hydrazine groups is 1. The monoisotopic (exact) mass is 223 g/mol. The van der Waals surface area contributed by atoms with Crippen molar-refractivity contribution in [3.05, 3.63) is 28.8 Å². The Morgan fingerprint density at radius 2 is 2.00 bits per heavy atom. The van der Waals surface area contributed by atoms with E-state index in [-0.39, 0.29) is 0 Å². The molecule has 0 aliphatic heterocycles. The molecule has 0 spiro atoms. The Labute approximate surface area is 97.4 Å². The molecule has 0 heterocycles. The maximum absolute atomic E-state index is 5.29. The number of nitrogens with zero attached hydrogens (tertiary/aromatic N) is 1. The molecule has 3 N–H and O–H groups in total. The molecular formula is C12H21N3O. The lowest BCUT2D eigenvalue weighted by Gasteiger charge is -2.18. The highest BCUT2D eigenvalue weighted by atomic mass is 16.5. The first-order valence-corrected chi connectivity index (χ1v) is 5.34. The van der Waals surface area contributed by atoms with E-state index in [0.29, 0.717) is 6.67 Å². The molecule has 0 amide bonds. The van der Waals surface area contributed by atoms with Crippen LogP contribution in [-0.2, 0) is 6.54 Å². The van der Waals surface area contributed by atoms with Gasteiger partial charge in [0.05, 0.1) is 13.8 Å². The first kappa shape index (κ1) is 13.0. The van der Waals surface area contributed by atoms with Gasteiger partial charge in [-0.2, -0.15) is 0 Å². The summed E-state index contributed by atoms with van der Waals surface area (Å²) in [5, 5.41) is 0. The van der Waals surface area contributed by atoms with Crippen molar-refractivity contribution in [2.75, 3.05) is 20.8 Å². The topological polar surface area (TPSA) is 50.5 Å². The molecule has 0 aromatic heterocycles. The molecule has 1 aromatic carbocycles. The van der Waals surface area contributed by atoms with E-state index < -0.39 is 0 Å². The summed E-state index contributed by atoms with van der Waals surface area (Å²) in [4.78, 5) is 2.12. The standard InChI is InChI=1S/C12H21N3O/c1-9-6-12(16-4)10(2)5-11(9)7-15(3)8-14-13/h5-6,14H,7-8,13H2,1-4H3. The van der Waals surface area contributed by atoms with Crippen molar-refractivity contribution in [3.8, 4) is 5.75 Å².